The van der Waals surface area contributed by atoms with E-state index in [1.54, 1.807) is 37.3 Å². The fourth-order valence-electron chi connectivity index (χ4n) is 2.29. The summed E-state index contributed by atoms with van der Waals surface area (Å²) in [4.78, 5) is 22.4. The number of hydrogen-bond donors (Lipinski definition) is 2. The van der Waals surface area contributed by atoms with E-state index < -0.39 is 10.8 Å². The molecule has 0 heterocycles. The molecule has 2 rings (SSSR count). The zero-order valence-electron chi connectivity index (χ0n) is 15.5. The third-order valence-corrected chi connectivity index (χ3v) is 3.96. The molecule has 8 nitrogen and oxygen atoms in total. The van der Waals surface area contributed by atoms with E-state index in [-0.39, 0.29) is 10.8 Å². The fraction of sp³-hybridized carbons (Fsp3) is 0.158. The summed E-state index contributed by atoms with van der Waals surface area (Å²) < 4.78 is 10.4. The highest BCUT2D eigenvalue weighted by atomic mass is 32.1. The van der Waals surface area contributed by atoms with Crippen molar-refractivity contribution in [1.82, 2.24) is 5.32 Å². The van der Waals surface area contributed by atoms with Crippen molar-refractivity contribution in [2.45, 2.75) is 6.92 Å². The van der Waals surface area contributed by atoms with Gasteiger partial charge in [-0.25, -0.2) is 0 Å². The summed E-state index contributed by atoms with van der Waals surface area (Å²) in [5, 5.41) is 16.2. The Morgan fingerprint density at radius 1 is 1.14 bits per heavy atom. The lowest BCUT2D eigenvalue weighted by atomic mass is 10.2. The summed E-state index contributed by atoms with van der Waals surface area (Å²) in [6, 6.07) is 9.58. The van der Waals surface area contributed by atoms with Crippen LogP contribution in [0.25, 0.3) is 6.08 Å². The second-order valence-corrected chi connectivity index (χ2v) is 6.06. The van der Waals surface area contributed by atoms with Gasteiger partial charge in [0.05, 0.1) is 19.1 Å². The van der Waals surface area contributed by atoms with Crippen LogP contribution < -0.4 is 20.1 Å². The molecule has 146 valence electrons. The molecule has 0 aromatic heterocycles. The molecule has 2 aromatic rings. The van der Waals surface area contributed by atoms with E-state index in [4.69, 9.17) is 21.7 Å². The number of carbonyl (C=O) groups excluding carboxylic acids is 1. The predicted octanol–water partition coefficient (Wildman–Crippen LogP) is 3.45. The molecule has 28 heavy (non-hydrogen) atoms. The normalized spacial score (nSPS) is 10.4. The van der Waals surface area contributed by atoms with E-state index in [2.05, 4.69) is 10.6 Å². The molecule has 0 aliphatic heterocycles. The Bertz CT molecular complexity index is 943. The smallest absolute Gasteiger partial charge is 0.271 e. The number of non-ortho nitro benzene ring substituents is 1. The maximum atomic E-state index is 12.1. The molecule has 0 bridgehead atoms. The standard InChI is InChI=1S/C19H19N3O5S/c1-12-4-7-14(22(24)25)11-15(12)20-19(28)21-18(23)9-6-13-5-8-16(26-2)17(10-13)27-3/h4-11H,1-3H3,(H2,20,21,23,28)/b9-6+. The van der Waals surface area contributed by atoms with Gasteiger partial charge in [0.15, 0.2) is 16.6 Å². The zero-order valence-corrected chi connectivity index (χ0v) is 16.3. The Labute approximate surface area is 167 Å². The summed E-state index contributed by atoms with van der Waals surface area (Å²) in [7, 11) is 3.07. The first-order valence-corrected chi connectivity index (χ1v) is 8.52. The summed E-state index contributed by atoms with van der Waals surface area (Å²) in [5.41, 5.74) is 1.86. The second kappa shape index (κ2) is 9.47. The maximum absolute atomic E-state index is 12.1. The van der Waals surface area contributed by atoms with Crippen molar-refractivity contribution >= 4 is 40.7 Å². The number of hydrogen-bond acceptors (Lipinski definition) is 6. The number of amides is 1. The summed E-state index contributed by atoms with van der Waals surface area (Å²) in [5.74, 6) is 0.681. The quantitative estimate of drug-likeness (QED) is 0.331. The molecule has 0 spiro atoms. The van der Waals surface area contributed by atoms with Crippen molar-refractivity contribution in [1.29, 1.82) is 0 Å². The van der Waals surface area contributed by atoms with Crippen molar-refractivity contribution in [2.24, 2.45) is 0 Å². The number of ether oxygens (including phenoxy) is 2. The van der Waals surface area contributed by atoms with Gasteiger partial charge in [-0.2, -0.15) is 0 Å². The molecule has 0 unspecified atom stereocenters. The number of nitro benzene ring substituents is 1. The highest BCUT2D eigenvalue weighted by Gasteiger charge is 2.10. The van der Waals surface area contributed by atoms with Gasteiger partial charge in [0, 0.05) is 23.9 Å². The minimum absolute atomic E-state index is 0.0329. The number of methoxy groups -OCH3 is 2. The van der Waals surface area contributed by atoms with Gasteiger partial charge in [-0.05, 0) is 48.5 Å². The monoisotopic (exact) mass is 401 g/mol. The van der Waals surface area contributed by atoms with E-state index in [0.29, 0.717) is 17.2 Å². The Hall–Kier alpha value is -3.46. The average molecular weight is 401 g/mol. The average Bonchev–Trinajstić information content (AvgIpc) is 2.67. The van der Waals surface area contributed by atoms with Gasteiger partial charge in [0.25, 0.3) is 5.69 Å². The molecule has 1 amide bonds. The van der Waals surface area contributed by atoms with Crippen LogP contribution in [0.1, 0.15) is 11.1 Å². The number of nitrogens with one attached hydrogen (secondary N) is 2. The number of anilines is 1. The Morgan fingerprint density at radius 2 is 1.86 bits per heavy atom. The van der Waals surface area contributed by atoms with Gasteiger partial charge < -0.3 is 14.8 Å². The molecule has 2 aromatic carbocycles. The van der Waals surface area contributed by atoms with Gasteiger partial charge in [0.2, 0.25) is 5.91 Å². The van der Waals surface area contributed by atoms with E-state index >= 15 is 0 Å². The first kappa shape index (κ1) is 20.8. The Morgan fingerprint density at radius 3 is 2.50 bits per heavy atom. The molecule has 9 heteroatoms. The third-order valence-electron chi connectivity index (χ3n) is 3.75. The molecule has 0 fully saturated rings. The lowest BCUT2D eigenvalue weighted by Gasteiger charge is -2.10. The number of thiocarbonyl (C=S) groups is 1. The number of benzene rings is 2. The number of nitro groups is 1. The minimum Gasteiger partial charge on any atom is -0.493 e. The van der Waals surface area contributed by atoms with Crippen molar-refractivity contribution in [3.63, 3.8) is 0 Å². The van der Waals surface area contributed by atoms with Gasteiger partial charge in [0.1, 0.15) is 0 Å². The second-order valence-electron chi connectivity index (χ2n) is 5.65. The Balaban J connectivity index is 2.01. The highest BCUT2D eigenvalue weighted by molar-refractivity contribution is 7.80. The van der Waals surface area contributed by atoms with Crippen LogP contribution in [0, 0.1) is 17.0 Å². The molecular weight excluding hydrogens is 382 g/mol. The van der Waals surface area contributed by atoms with Crippen LogP contribution in [0.4, 0.5) is 11.4 Å². The predicted molar refractivity (Wildman–Crippen MR) is 111 cm³/mol. The zero-order chi connectivity index (χ0) is 20.7. The van der Waals surface area contributed by atoms with Gasteiger partial charge >= 0.3 is 0 Å². The molecule has 0 atom stereocenters. The molecule has 0 radical (unpaired) electrons. The first-order valence-electron chi connectivity index (χ1n) is 8.11. The van der Waals surface area contributed by atoms with Gasteiger partial charge in [-0.3, -0.25) is 20.2 Å². The van der Waals surface area contributed by atoms with Crippen LogP contribution in [0.15, 0.2) is 42.5 Å². The molecule has 0 saturated heterocycles. The van der Waals surface area contributed by atoms with Crippen molar-refractivity contribution in [3.8, 4) is 11.5 Å². The van der Waals surface area contributed by atoms with E-state index in [1.165, 1.54) is 32.4 Å². The van der Waals surface area contributed by atoms with Crippen LogP contribution >= 0.6 is 12.2 Å². The number of nitrogens with zero attached hydrogens (tertiary/aromatic N) is 1. The number of rotatable bonds is 6. The molecule has 2 N–H and O–H groups in total. The lowest BCUT2D eigenvalue weighted by molar-refractivity contribution is -0.384. The SMILES string of the molecule is COc1ccc(/C=C/C(=O)NC(=S)Nc2cc([N+](=O)[O-])ccc2C)cc1OC. The van der Waals surface area contributed by atoms with Crippen LogP contribution in [-0.2, 0) is 4.79 Å². The van der Waals surface area contributed by atoms with Crippen molar-refractivity contribution in [3.05, 3.63) is 63.7 Å². The largest absolute Gasteiger partial charge is 0.493 e. The number of aryl methyl sites for hydroxylation is 1. The van der Waals surface area contributed by atoms with Crippen LogP contribution in [0.2, 0.25) is 0 Å². The van der Waals surface area contributed by atoms with E-state index in [1.807, 2.05) is 0 Å². The topological polar surface area (TPSA) is 103 Å². The Kier molecular flexibility index (Phi) is 7.05. The van der Waals surface area contributed by atoms with E-state index in [9.17, 15) is 14.9 Å². The molecular formula is C19H19N3O5S. The van der Waals surface area contributed by atoms with Gasteiger partial charge in [-0.15, -0.1) is 0 Å². The molecule has 0 aliphatic carbocycles. The lowest BCUT2D eigenvalue weighted by Crippen LogP contribution is -2.33. The maximum Gasteiger partial charge on any atom is 0.271 e. The third kappa shape index (κ3) is 5.52. The van der Waals surface area contributed by atoms with Gasteiger partial charge in [-0.1, -0.05) is 12.1 Å². The van der Waals surface area contributed by atoms with Crippen LogP contribution in [0.5, 0.6) is 11.5 Å². The summed E-state index contributed by atoms with van der Waals surface area (Å²) in [6.45, 7) is 1.77. The summed E-state index contributed by atoms with van der Waals surface area (Å²) >= 11 is 5.10. The molecule has 0 saturated carbocycles. The fourth-order valence-corrected chi connectivity index (χ4v) is 2.50. The number of carbonyl (C=O) groups is 1. The minimum atomic E-state index is -0.502. The van der Waals surface area contributed by atoms with E-state index in [0.717, 1.165) is 11.1 Å². The van der Waals surface area contributed by atoms with Crippen LogP contribution in [-0.4, -0.2) is 30.2 Å². The van der Waals surface area contributed by atoms with Crippen molar-refractivity contribution < 1.29 is 19.2 Å². The summed E-state index contributed by atoms with van der Waals surface area (Å²) in [6.07, 6.45) is 2.91. The highest BCUT2D eigenvalue weighted by Crippen LogP contribution is 2.28. The van der Waals surface area contributed by atoms with Crippen LogP contribution in [0.3, 0.4) is 0 Å². The van der Waals surface area contributed by atoms with Crippen molar-refractivity contribution in [2.75, 3.05) is 19.5 Å². The first-order chi connectivity index (χ1) is 13.3. The molecule has 0 aliphatic rings.